The SMILES string of the molecule is O=C1Nc2ccc(Br)cc2C1c1ccccn1. The lowest BCUT2D eigenvalue weighted by molar-refractivity contribution is -0.116. The molecule has 1 aliphatic heterocycles. The standard InChI is InChI=1S/C13H9BrN2O/c14-8-4-5-10-9(7-8)12(13(17)16-10)11-3-1-2-6-15-11/h1-7,12H,(H,16,17). The van der Waals surface area contributed by atoms with Gasteiger partial charge in [0.25, 0.3) is 0 Å². The molecule has 2 aromatic rings. The number of nitrogens with zero attached hydrogens (tertiary/aromatic N) is 1. The predicted octanol–water partition coefficient (Wildman–Crippen LogP) is 2.93. The van der Waals surface area contributed by atoms with Crippen LogP contribution in [0.2, 0.25) is 0 Å². The topological polar surface area (TPSA) is 42.0 Å². The van der Waals surface area contributed by atoms with Crippen molar-refractivity contribution < 1.29 is 4.79 Å². The van der Waals surface area contributed by atoms with Crippen molar-refractivity contribution in [2.45, 2.75) is 5.92 Å². The van der Waals surface area contributed by atoms with Gasteiger partial charge in [-0.25, -0.2) is 0 Å². The van der Waals surface area contributed by atoms with E-state index in [1.807, 2.05) is 36.4 Å². The second kappa shape index (κ2) is 3.96. The molecule has 1 N–H and O–H groups in total. The molecule has 0 radical (unpaired) electrons. The Hall–Kier alpha value is -1.68. The normalized spacial score (nSPS) is 17.7. The highest BCUT2D eigenvalue weighted by Crippen LogP contribution is 2.37. The van der Waals surface area contributed by atoms with Crippen molar-refractivity contribution in [1.29, 1.82) is 0 Å². The van der Waals surface area contributed by atoms with Gasteiger partial charge in [-0.3, -0.25) is 9.78 Å². The van der Waals surface area contributed by atoms with Crippen LogP contribution < -0.4 is 5.32 Å². The summed E-state index contributed by atoms with van der Waals surface area (Å²) in [6, 6.07) is 11.4. The maximum absolute atomic E-state index is 12.0. The number of hydrogen-bond donors (Lipinski definition) is 1. The molecule has 1 aromatic heterocycles. The van der Waals surface area contributed by atoms with Crippen molar-refractivity contribution in [1.82, 2.24) is 4.98 Å². The van der Waals surface area contributed by atoms with Gasteiger partial charge < -0.3 is 5.32 Å². The summed E-state index contributed by atoms with van der Waals surface area (Å²) < 4.78 is 0.966. The van der Waals surface area contributed by atoms with E-state index in [2.05, 4.69) is 26.2 Å². The maximum Gasteiger partial charge on any atom is 0.238 e. The smallest absolute Gasteiger partial charge is 0.238 e. The number of rotatable bonds is 1. The average molecular weight is 289 g/mol. The minimum absolute atomic E-state index is 0.0169. The molecule has 1 aromatic carbocycles. The van der Waals surface area contributed by atoms with Crippen molar-refractivity contribution in [3.8, 4) is 0 Å². The third-order valence-corrected chi connectivity index (χ3v) is 3.32. The zero-order valence-electron chi connectivity index (χ0n) is 8.85. The van der Waals surface area contributed by atoms with E-state index in [0.29, 0.717) is 0 Å². The van der Waals surface area contributed by atoms with Crippen LogP contribution in [0.15, 0.2) is 47.1 Å². The molecule has 0 bridgehead atoms. The van der Waals surface area contributed by atoms with Crippen molar-refractivity contribution in [3.05, 3.63) is 58.3 Å². The first-order valence-electron chi connectivity index (χ1n) is 5.27. The maximum atomic E-state index is 12.0. The first-order valence-corrected chi connectivity index (χ1v) is 6.06. The van der Waals surface area contributed by atoms with Gasteiger partial charge in [0.2, 0.25) is 5.91 Å². The van der Waals surface area contributed by atoms with Crippen LogP contribution in [0, 0.1) is 0 Å². The number of carbonyl (C=O) groups excluding carboxylic acids is 1. The number of fused-ring (bicyclic) bond motifs is 1. The minimum Gasteiger partial charge on any atom is -0.325 e. The fourth-order valence-electron chi connectivity index (χ4n) is 2.07. The van der Waals surface area contributed by atoms with Crippen LogP contribution in [0.3, 0.4) is 0 Å². The molecule has 0 aliphatic carbocycles. The number of halogens is 1. The number of pyridine rings is 1. The molecular formula is C13H9BrN2O. The van der Waals surface area contributed by atoms with Crippen molar-refractivity contribution in [2.75, 3.05) is 5.32 Å². The minimum atomic E-state index is -0.302. The molecule has 1 aliphatic rings. The number of amides is 1. The van der Waals surface area contributed by atoms with Crippen LogP contribution in [-0.4, -0.2) is 10.9 Å². The summed E-state index contributed by atoms with van der Waals surface area (Å²) in [6.45, 7) is 0. The molecule has 84 valence electrons. The molecule has 2 heterocycles. The molecule has 4 heteroatoms. The summed E-state index contributed by atoms with van der Waals surface area (Å²) in [6.07, 6.45) is 1.71. The molecule has 17 heavy (non-hydrogen) atoms. The van der Waals surface area contributed by atoms with E-state index in [4.69, 9.17) is 0 Å². The van der Waals surface area contributed by atoms with E-state index in [1.54, 1.807) is 6.20 Å². The lowest BCUT2D eigenvalue weighted by Crippen LogP contribution is -2.14. The first-order chi connectivity index (χ1) is 8.25. The van der Waals surface area contributed by atoms with Gasteiger partial charge >= 0.3 is 0 Å². The molecule has 1 unspecified atom stereocenters. The highest BCUT2D eigenvalue weighted by molar-refractivity contribution is 9.10. The number of carbonyl (C=O) groups is 1. The van der Waals surface area contributed by atoms with Gasteiger partial charge in [0, 0.05) is 16.4 Å². The van der Waals surface area contributed by atoms with E-state index in [-0.39, 0.29) is 11.8 Å². The highest BCUT2D eigenvalue weighted by atomic mass is 79.9. The van der Waals surface area contributed by atoms with E-state index in [0.717, 1.165) is 21.4 Å². The van der Waals surface area contributed by atoms with E-state index >= 15 is 0 Å². The quantitative estimate of drug-likeness (QED) is 0.877. The van der Waals surface area contributed by atoms with Gasteiger partial charge in [0.15, 0.2) is 0 Å². The van der Waals surface area contributed by atoms with E-state index in [1.165, 1.54) is 0 Å². The third kappa shape index (κ3) is 1.74. The van der Waals surface area contributed by atoms with Gasteiger partial charge in [-0.1, -0.05) is 22.0 Å². The number of hydrogen-bond acceptors (Lipinski definition) is 2. The van der Waals surface area contributed by atoms with Crippen LogP contribution in [0.1, 0.15) is 17.2 Å². The molecule has 3 nitrogen and oxygen atoms in total. The second-order valence-corrected chi connectivity index (χ2v) is 4.82. The fraction of sp³-hybridized carbons (Fsp3) is 0.0769. The van der Waals surface area contributed by atoms with Gasteiger partial charge in [-0.2, -0.15) is 0 Å². The lowest BCUT2D eigenvalue weighted by atomic mass is 9.97. The van der Waals surface area contributed by atoms with Crippen molar-refractivity contribution in [2.24, 2.45) is 0 Å². The van der Waals surface area contributed by atoms with Crippen LogP contribution in [0.4, 0.5) is 5.69 Å². The Bertz CT molecular complexity index is 583. The molecule has 1 atom stereocenters. The number of aromatic nitrogens is 1. The summed E-state index contributed by atoms with van der Waals surface area (Å²) in [5, 5.41) is 2.87. The molecule has 0 fully saturated rings. The monoisotopic (exact) mass is 288 g/mol. The largest absolute Gasteiger partial charge is 0.325 e. The summed E-state index contributed by atoms with van der Waals surface area (Å²) in [4.78, 5) is 16.2. The fourth-order valence-corrected chi connectivity index (χ4v) is 2.45. The molecule has 3 rings (SSSR count). The second-order valence-electron chi connectivity index (χ2n) is 3.91. The van der Waals surface area contributed by atoms with Crippen LogP contribution in [-0.2, 0) is 4.79 Å². The molecule has 0 spiro atoms. The lowest BCUT2D eigenvalue weighted by Gasteiger charge is -2.07. The highest BCUT2D eigenvalue weighted by Gasteiger charge is 2.32. The Morgan fingerprint density at radius 2 is 2.12 bits per heavy atom. The molecule has 0 saturated carbocycles. The first kappa shape index (κ1) is 10.5. The summed E-state index contributed by atoms with van der Waals surface area (Å²) in [5.41, 5.74) is 2.62. The number of nitrogens with one attached hydrogen (secondary N) is 1. The zero-order chi connectivity index (χ0) is 11.8. The zero-order valence-corrected chi connectivity index (χ0v) is 10.4. The average Bonchev–Trinajstić information content (AvgIpc) is 2.65. The molecule has 0 saturated heterocycles. The summed E-state index contributed by atoms with van der Waals surface area (Å²) >= 11 is 3.43. The van der Waals surface area contributed by atoms with E-state index < -0.39 is 0 Å². The Morgan fingerprint density at radius 3 is 2.88 bits per heavy atom. The Labute approximate surface area is 107 Å². The predicted molar refractivity (Wildman–Crippen MR) is 68.9 cm³/mol. The van der Waals surface area contributed by atoms with E-state index in [9.17, 15) is 4.79 Å². The third-order valence-electron chi connectivity index (χ3n) is 2.83. The van der Waals surface area contributed by atoms with Crippen molar-refractivity contribution in [3.63, 3.8) is 0 Å². The number of anilines is 1. The van der Waals surface area contributed by atoms with Gasteiger partial charge in [0.05, 0.1) is 5.69 Å². The van der Waals surface area contributed by atoms with Crippen LogP contribution in [0.25, 0.3) is 0 Å². The number of benzene rings is 1. The van der Waals surface area contributed by atoms with Crippen LogP contribution in [0.5, 0.6) is 0 Å². The van der Waals surface area contributed by atoms with Gasteiger partial charge in [0.1, 0.15) is 5.92 Å². The molecule has 1 amide bonds. The Kier molecular flexibility index (Phi) is 2.44. The van der Waals surface area contributed by atoms with Gasteiger partial charge in [-0.05, 0) is 35.9 Å². The Morgan fingerprint density at radius 1 is 1.24 bits per heavy atom. The van der Waals surface area contributed by atoms with Crippen molar-refractivity contribution >= 4 is 27.5 Å². The summed E-state index contributed by atoms with van der Waals surface area (Å²) in [7, 11) is 0. The molecular weight excluding hydrogens is 280 g/mol. The van der Waals surface area contributed by atoms with Crippen LogP contribution >= 0.6 is 15.9 Å². The summed E-state index contributed by atoms with van der Waals surface area (Å²) in [5.74, 6) is -0.319. The van der Waals surface area contributed by atoms with Gasteiger partial charge in [-0.15, -0.1) is 0 Å². The Balaban J connectivity index is 2.14.